The molecule has 2 aromatic carbocycles. The summed E-state index contributed by atoms with van der Waals surface area (Å²) in [5.41, 5.74) is 7.10. The van der Waals surface area contributed by atoms with E-state index < -0.39 is 5.91 Å². The highest BCUT2D eigenvalue weighted by atomic mass is 16.5. The highest BCUT2D eigenvalue weighted by molar-refractivity contribution is 5.91. The summed E-state index contributed by atoms with van der Waals surface area (Å²) >= 11 is 0. The number of amides is 2. The third kappa shape index (κ3) is 6.51. The summed E-state index contributed by atoms with van der Waals surface area (Å²) in [7, 11) is 1.79. The molecule has 0 atom stereocenters. The Balaban J connectivity index is 1.83. The number of nitrogens with zero attached hydrogens (tertiary/aromatic N) is 1. The molecule has 0 aliphatic carbocycles. The predicted molar refractivity (Wildman–Crippen MR) is 97.9 cm³/mol. The van der Waals surface area contributed by atoms with Crippen molar-refractivity contribution in [1.29, 1.82) is 0 Å². The number of carbonyl (C=O) groups excluding carboxylic acids is 2. The zero-order valence-electron chi connectivity index (χ0n) is 14.2. The van der Waals surface area contributed by atoms with Gasteiger partial charge in [0.25, 0.3) is 5.91 Å². The average Bonchev–Trinajstić information content (AvgIpc) is 2.64. The fraction of sp³-hybridized carbons (Fsp3) is 0.200. The van der Waals surface area contributed by atoms with Gasteiger partial charge >= 0.3 is 0 Å². The van der Waals surface area contributed by atoms with Crippen LogP contribution in [0.15, 0.2) is 60.7 Å². The Kier molecular flexibility index (Phi) is 6.77. The van der Waals surface area contributed by atoms with Crippen LogP contribution >= 0.6 is 0 Å². The molecule has 0 aliphatic heterocycles. The largest absolute Gasteiger partial charge is 0.484 e. The van der Waals surface area contributed by atoms with Crippen molar-refractivity contribution in [2.24, 2.45) is 5.73 Å². The molecule has 0 bridgehead atoms. The normalized spacial score (nSPS) is 10.6. The molecule has 2 N–H and O–H groups in total. The molecule has 0 saturated carbocycles. The second-order valence-corrected chi connectivity index (χ2v) is 5.65. The van der Waals surface area contributed by atoms with Gasteiger partial charge in [-0.05, 0) is 35.8 Å². The molecule has 25 heavy (non-hydrogen) atoms. The Hall–Kier alpha value is -3.08. The Morgan fingerprint density at radius 3 is 2.40 bits per heavy atom. The van der Waals surface area contributed by atoms with Gasteiger partial charge < -0.3 is 15.4 Å². The van der Waals surface area contributed by atoms with Crippen LogP contribution < -0.4 is 10.5 Å². The van der Waals surface area contributed by atoms with Crippen LogP contribution in [0.2, 0.25) is 0 Å². The molecule has 0 unspecified atom stereocenters. The van der Waals surface area contributed by atoms with Gasteiger partial charge in [0, 0.05) is 19.7 Å². The van der Waals surface area contributed by atoms with Gasteiger partial charge in [-0.3, -0.25) is 9.59 Å². The fourth-order valence-corrected chi connectivity index (χ4v) is 2.18. The van der Waals surface area contributed by atoms with Gasteiger partial charge in [-0.2, -0.15) is 0 Å². The quantitative estimate of drug-likeness (QED) is 0.751. The monoisotopic (exact) mass is 338 g/mol. The number of carbonyl (C=O) groups is 2. The molecule has 0 saturated heterocycles. The van der Waals surface area contributed by atoms with Crippen LogP contribution in [0.3, 0.4) is 0 Å². The Labute approximate surface area is 147 Å². The van der Waals surface area contributed by atoms with E-state index in [4.69, 9.17) is 10.5 Å². The number of nitrogens with two attached hydrogens (primary N) is 1. The lowest BCUT2D eigenvalue weighted by Gasteiger charge is -2.14. The third-order valence-corrected chi connectivity index (χ3v) is 3.63. The Bertz CT molecular complexity index is 724. The Morgan fingerprint density at radius 1 is 1.08 bits per heavy atom. The second kappa shape index (κ2) is 9.27. The van der Waals surface area contributed by atoms with E-state index in [9.17, 15) is 9.59 Å². The molecule has 0 radical (unpaired) electrons. The molecule has 130 valence electrons. The average molecular weight is 338 g/mol. The van der Waals surface area contributed by atoms with E-state index in [1.807, 2.05) is 30.3 Å². The van der Waals surface area contributed by atoms with E-state index in [0.29, 0.717) is 12.3 Å². The number of hydrogen-bond donors (Lipinski definition) is 1. The van der Waals surface area contributed by atoms with Gasteiger partial charge in [-0.1, -0.05) is 42.5 Å². The van der Waals surface area contributed by atoms with Crippen molar-refractivity contribution in [1.82, 2.24) is 4.90 Å². The zero-order chi connectivity index (χ0) is 18.1. The highest BCUT2D eigenvalue weighted by Crippen LogP contribution is 2.13. The van der Waals surface area contributed by atoms with Crippen LogP contribution in [-0.4, -0.2) is 36.9 Å². The van der Waals surface area contributed by atoms with Crippen LogP contribution in [0.25, 0.3) is 6.08 Å². The maximum Gasteiger partial charge on any atom is 0.255 e. The Morgan fingerprint density at radius 2 is 1.76 bits per heavy atom. The first-order valence-corrected chi connectivity index (χ1v) is 8.03. The standard InChI is InChI=1S/C20H22N2O3/c1-22(14-13-16-5-3-2-4-6-16)20(24)12-9-17-7-10-18(11-8-17)25-15-19(21)23/h2-12H,13-15H2,1H3,(H2,21,23)/b12-9-. The molecule has 2 amide bonds. The lowest BCUT2D eigenvalue weighted by molar-refractivity contribution is -0.124. The highest BCUT2D eigenvalue weighted by Gasteiger charge is 2.05. The summed E-state index contributed by atoms with van der Waals surface area (Å²) < 4.78 is 5.19. The molecule has 5 heteroatoms. The molecule has 0 spiro atoms. The van der Waals surface area contributed by atoms with Gasteiger partial charge in [0.1, 0.15) is 5.75 Å². The van der Waals surface area contributed by atoms with Crippen LogP contribution in [-0.2, 0) is 16.0 Å². The minimum Gasteiger partial charge on any atom is -0.484 e. The molecule has 5 nitrogen and oxygen atoms in total. The molecule has 0 aromatic heterocycles. The molecule has 0 heterocycles. The van der Waals surface area contributed by atoms with E-state index >= 15 is 0 Å². The van der Waals surface area contributed by atoms with E-state index in [-0.39, 0.29) is 12.5 Å². The molecule has 2 rings (SSSR count). The maximum atomic E-state index is 12.1. The second-order valence-electron chi connectivity index (χ2n) is 5.65. The van der Waals surface area contributed by atoms with Crippen LogP contribution in [0.5, 0.6) is 5.75 Å². The topological polar surface area (TPSA) is 72.6 Å². The lowest BCUT2D eigenvalue weighted by atomic mass is 10.1. The first-order valence-electron chi connectivity index (χ1n) is 8.03. The minimum absolute atomic E-state index is 0.0509. The molecular weight excluding hydrogens is 316 g/mol. The molecule has 0 aliphatic rings. The van der Waals surface area contributed by atoms with Gasteiger partial charge in [0.2, 0.25) is 5.91 Å². The van der Waals surface area contributed by atoms with Crippen molar-refractivity contribution in [2.75, 3.05) is 20.2 Å². The molecule has 0 fully saturated rings. The SMILES string of the molecule is CN(CCc1ccccc1)C(=O)/C=C\c1ccc(OCC(N)=O)cc1. The number of ether oxygens (including phenoxy) is 1. The summed E-state index contributed by atoms with van der Waals surface area (Å²) in [6, 6.07) is 17.1. The van der Waals surface area contributed by atoms with E-state index in [0.717, 1.165) is 12.0 Å². The predicted octanol–water partition coefficient (Wildman–Crippen LogP) is 2.27. The first-order chi connectivity index (χ1) is 12.0. The van der Waals surface area contributed by atoms with Crippen molar-refractivity contribution in [3.63, 3.8) is 0 Å². The molecule has 2 aromatic rings. The van der Waals surface area contributed by atoms with Crippen molar-refractivity contribution in [3.8, 4) is 5.75 Å². The van der Waals surface area contributed by atoms with Crippen LogP contribution in [0, 0.1) is 0 Å². The van der Waals surface area contributed by atoms with Gasteiger partial charge in [-0.15, -0.1) is 0 Å². The van der Waals surface area contributed by atoms with E-state index in [1.54, 1.807) is 36.2 Å². The van der Waals surface area contributed by atoms with Crippen molar-refractivity contribution < 1.29 is 14.3 Å². The fourth-order valence-electron chi connectivity index (χ4n) is 2.18. The van der Waals surface area contributed by atoms with Crippen molar-refractivity contribution in [2.45, 2.75) is 6.42 Å². The summed E-state index contributed by atoms with van der Waals surface area (Å²) in [6.07, 6.45) is 4.12. The van der Waals surface area contributed by atoms with Gasteiger partial charge in [0.15, 0.2) is 6.61 Å². The number of hydrogen-bond acceptors (Lipinski definition) is 3. The maximum absolute atomic E-state index is 12.1. The molecular formula is C20H22N2O3. The van der Waals surface area contributed by atoms with Crippen LogP contribution in [0.4, 0.5) is 0 Å². The summed E-state index contributed by atoms with van der Waals surface area (Å²) in [4.78, 5) is 24.5. The van der Waals surface area contributed by atoms with Crippen molar-refractivity contribution >= 4 is 17.9 Å². The third-order valence-electron chi connectivity index (χ3n) is 3.63. The number of likely N-dealkylation sites (N-methyl/N-ethyl adjacent to an activating group) is 1. The van der Waals surface area contributed by atoms with E-state index in [1.165, 1.54) is 5.56 Å². The zero-order valence-corrected chi connectivity index (χ0v) is 14.2. The number of primary amides is 1. The van der Waals surface area contributed by atoms with Crippen molar-refractivity contribution in [3.05, 3.63) is 71.8 Å². The summed E-state index contributed by atoms with van der Waals surface area (Å²) in [5.74, 6) is -0.0136. The van der Waals surface area contributed by atoms with Gasteiger partial charge in [0.05, 0.1) is 0 Å². The first kappa shape index (κ1) is 18.3. The number of rotatable bonds is 8. The lowest BCUT2D eigenvalue weighted by Crippen LogP contribution is -2.27. The van der Waals surface area contributed by atoms with Gasteiger partial charge in [-0.25, -0.2) is 0 Å². The number of benzene rings is 2. The minimum atomic E-state index is -0.520. The summed E-state index contributed by atoms with van der Waals surface area (Å²) in [5, 5.41) is 0. The smallest absolute Gasteiger partial charge is 0.255 e. The summed E-state index contributed by atoms with van der Waals surface area (Å²) in [6.45, 7) is 0.507. The van der Waals surface area contributed by atoms with E-state index in [2.05, 4.69) is 12.1 Å². The van der Waals surface area contributed by atoms with Crippen LogP contribution in [0.1, 0.15) is 11.1 Å².